The van der Waals surface area contributed by atoms with E-state index < -0.39 is 0 Å². The van der Waals surface area contributed by atoms with Gasteiger partial charge in [0.2, 0.25) is 5.91 Å². The van der Waals surface area contributed by atoms with Crippen LogP contribution in [0.15, 0.2) is 54.6 Å². The van der Waals surface area contributed by atoms with Crippen LogP contribution in [0.5, 0.6) is 5.75 Å². The average Bonchev–Trinajstić information content (AvgIpc) is 3.15. The van der Waals surface area contributed by atoms with Crippen LogP contribution in [0.4, 0.5) is 5.69 Å². The Kier molecular flexibility index (Phi) is 6.63. The van der Waals surface area contributed by atoms with Gasteiger partial charge < -0.3 is 14.8 Å². The van der Waals surface area contributed by atoms with Gasteiger partial charge in [-0.3, -0.25) is 9.69 Å². The summed E-state index contributed by atoms with van der Waals surface area (Å²) in [5.74, 6) is 0.760. The van der Waals surface area contributed by atoms with Crippen LogP contribution >= 0.6 is 0 Å². The molecular formula is C21H26N2O3. The second kappa shape index (κ2) is 9.36. The van der Waals surface area contributed by atoms with Crippen LogP contribution in [-0.2, 0) is 16.1 Å². The number of nitrogens with one attached hydrogen (secondary N) is 1. The fourth-order valence-corrected chi connectivity index (χ4v) is 3.00. The number of amides is 1. The summed E-state index contributed by atoms with van der Waals surface area (Å²) in [7, 11) is 1.94. The van der Waals surface area contributed by atoms with Gasteiger partial charge in [0.15, 0.2) is 0 Å². The highest BCUT2D eigenvalue weighted by atomic mass is 16.5. The Bertz CT molecular complexity index is 682. The first-order chi connectivity index (χ1) is 12.7. The summed E-state index contributed by atoms with van der Waals surface area (Å²) in [4.78, 5) is 14.2. The standard InChI is InChI=1S/C21H26N2O3/c1-23(14-17-6-3-2-4-7-17)15-21(24)22-18-9-11-19(12-10-18)26-16-20-8-5-13-25-20/h2-4,6-7,9-12,20H,5,8,13-16H2,1H3,(H,22,24). The van der Waals surface area contributed by atoms with E-state index in [-0.39, 0.29) is 12.0 Å². The lowest BCUT2D eigenvalue weighted by atomic mass is 10.2. The van der Waals surface area contributed by atoms with Crippen LogP contribution in [-0.4, -0.2) is 43.7 Å². The van der Waals surface area contributed by atoms with E-state index in [4.69, 9.17) is 9.47 Å². The summed E-state index contributed by atoms with van der Waals surface area (Å²) >= 11 is 0. The molecule has 5 heteroatoms. The van der Waals surface area contributed by atoms with Gasteiger partial charge in [-0.25, -0.2) is 0 Å². The Hall–Kier alpha value is -2.37. The molecule has 138 valence electrons. The van der Waals surface area contributed by atoms with Crippen molar-refractivity contribution in [2.45, 2.75) is 25.5 Å². The number of hydrogen-bond acceptors (Lipinski definition) is 4. The van der Waals surface area contributed by atoms with Gasteiger partial charge in [0.05, 0.1) is 12.6 Å². The quantitative estimate of drug-likeness (QED) is 0.790. The summed E-state index contributed by atoms with van der Waals surface area (Å²) < 4.78 is 11.3. The molecule has 1 aliphatic heterocycles. The topological polar surface area (TPSA) is 50.8 Å². The number of rotatable bonds is 8. The highest BCUT2D eigenvalue weighted by Gasteiger charge is 2.16. The van der Waals surface area contributed by atoms with Gasteiger partial charge >= 0.3 is 0 Å². The van der Waals surface area contributed by atoms with Crippen molar-refractivity contribution in [3.63, 3.8) is 0 Å². The molecule has 1 heterocycles. The number of carbonyl (C=O) groups excluding carboxylic acids is 1. The fourth-order valence-electron chi connectivity index (χ4n) is 3.00. The number of benzene rings is 2. The van der Waals surface area contributed by atoms with Crippen molar-refractivity contribution < 1.29 is 14.3 Å². The molecule has 2 aromatic carbocycles. The molecule has 1 saturated heterocycles. The van der Waals surface area contributed by atoms with Crippen molar-refractivity contribution in [3.05, 3.63) is 60.2 Å². The van der Waals surface area contributed by atoms with Crippen LogP contribution in [0.3, 0.4) is 0 Å². The number of anilines is 1. The molecule has 0 aliphatic carbocycles. The third kappa shape index (κ3) is 5.86. The molecule has 1 atom stereocenters. The van der Waals surface area contributed by atoms with E-state index in [0.29, 0.717) is 13.2 Å². The number of ether oxygens (including phenoxy) is 2. The van der Waals surface area contributed by atoms with Gasteiger partial charge in [0, 0.05) is 18.8 Å². The largest absolute Gasteiger partial charge is 0.491 e. The highest BCUT2D eigenvalue weighted by Crippen LogP contribution is 2.18. The maximum atomic E-state index is 12.2. The van der Waals surface area contributed by atoms with Crippen molar-refractivity contribution in [1.82, 2.24) is 4.90 Å². The smallest absolute Gasteiger partial charge is 0.238 e. The Morgan fingerprint density at radius 3 is 2.65 bits per heavy atom. The summed E-state index contributed by atoms with van der Waals surface area (Å²) in [6, 6.07) is 17.6. The van der Waals surface area contributed by atoms with Crippen LogP contribution in [0.1, 0.15) is 18.4 Å². The first kappa shape index (κ1) is 18.4. The Morgan fingerprint density at radius 1 is 1.19 bits per heavy atom. The molecule has 0 bridgehead atoms. The Balaban J connectivity index is 1.42. The van der Waals surface area contributed by atoms with E-state index in [9.17, 15) is 4.79 Å². The van der Waals surface area contributed by atoms with Crippen molar-refractivity contribution in [3.8, 4) is 5.75 Å². The zero-order valence-corrected chi connectivity index (χ0v) is 15.2. The van der Waals surface area contributed by atoms with Crippen molar-refractivity contribution in [2.75, 3.05) is 32.1 Å². The van der Waals surface area contributed by atoms with Crippen molar-refractivity contribution >= 4 is 11.6 Å². The Labute approximate surface area is 154 Å². The lowest BCUT2D eigenvalue weighted by Gasteiger charge is -2.16. The molecule has 0 aromatic heterocycles. The Morgan fingerprint density at radius 2 is 1.96 bits per heavy atom. The number of hydrogen-bond donors (Lipinski definition) is 1. The molecule has 2 aromatic rings. The van der Waals surface area contributed by atoms with Crippen molar-refractivity contribution in [2.24, 2.45) is 0 Å². The lowest BCUT2D eigenvalue weighted by Crippen LogP contribution is -2.29. The van der Waals surface area contributed by atoms with E-state index in [2.05, 4.69) is 17.4 Å². The van der Waals surface area contributed by atoms with Gasteiger partial charge in [-0.05, 0) is 49.7 Å². The molecule has 1 amide bonds. The van der Waals surface area contributed by atoms with E-state index in [1.807, 2.05) is 54.4 Å². The number of likely N-dealkylation sites (N-methyl/N-ethyl adjacent to an activating group) is 1. The minimum absolute atomic E-state index is 0.0311. The normalized spacial score (nSPS) is 16.6. The van der Waals surface area contributed by atoms with Crippen LogP contribution in [0.25, 0.3) is 0 Å². The zero-order valence-electron chi connectivity index (χ0n) is 15.2. The van der Waals surface area contributed by atoms with Crippen LogP contribution < -0.4 is 10.1 Å². The molecule has 1 unspecified atom stereocenters. The van der Waals surface area contributed by atoms with Crippen LogP contribution in [0, 0.1) is 0 Å². The number of nitrogens with zero attached hydrogens (tertiary/aromatic N) is 1. The van der Waals surface area contributed by atoms with Crippen LogP contribution in [0.2, 0.25) is 0 Å². The maximum Gasteiger partial charge on any atom is 0.238 e. The fraction of sp³-hybridized carbons (Fsp3) is 0.381. The van der Waals surface area contributed by atoms with Gasteiger partial charge in [0.1, 0.15) is 12.4 Å². The second-order valence-corrected chi connectivity index (χ2v) is 6.68. The molecule has 5 nitrogen and oxygen atoms in total. The molecular weight excluding hydrogens is 328 g/mol. The molecule has 3 rings (SSSR count). The number of carbonyl (C=O) groups is 1. The molecule has 0 saturated carbocycles. The zero-order chi connectivity index (χ0) is 18.2. The molecule has 26 heavy (non-hydrogen) atoms. The third-order valence-electron chi connectivity index (χ3n) is 4.31. The summed E-state index contributed by atoms with van der Waals surface area (Å²) in [5.41, 5.74) is 1.96. The van der Waals surface area contributed by atoms with E-state index in [0.717, 1.165) is 37.4 Å². The van der Waals surface area contributed by atoms with Gasteiger partial charge in [-0.2, -0.15) is 0 Å². The van der Waals surface area contributed by atoms with Gasteiger partial charge in [-0.1, -0.05) is 30.3 Å². The molecule has 1 aliphatic rings. The molecule has 0 spiro atoms. The summed E-state index contributed by atoms with van der Waals surface area (Å²) in [6.45, 7) is 2.49. The van der Waals surface area contributed by atoms with Gasteiger partial charge in [-0.15, -0.1) is 0 Å². The van der Waals surface area contributed by atoms with E-state index in [1.54, 1.807) is 0 Å². The maximum absolute atomic E-state index is 12.2. The molecule has 1 fully saturated rings. The predicted molar refractivity (Wildman–Crippen MR) is 102 cm³/mol. The van der Waals surface area contributed by atoms with Crippen molar-refractivity contribution in [1.29, 1.82) is 0 Å². The van der Waals surface area contributed by atoms with E-state index >= 15 is 0 Å². The summed E-state index contributed by atoms with van der Waals surface area (Å²) in [6.07, 6.45) is 2.37. The average molecular weight is 354 g/mol. The first-order valence-corrected chi connectivity index (χ1v) is 9.06. The minimum Gasteiger partial charge on any atom is -0.491 e. The summed E-state index contributed by atoms with van der Waals surface area (Å²) in [5, 5.41) is 2.92. The highest BCUT2D eigenvalue weighted by molar-refractivity contribution is 5.92. The lowest BCUT2D eigenvalue weighted by molar-refractivity contribution is -0.117. The first-order valence-electron chi connectivity index (χ1n) is 9.06. The van der Waals surface area contributed by atoms with Gasteiger partial charge in [0.25, 0.3) is 0 Å². The van der Waals surface area contributed by atoms with E-state index in [1.165, 1.54) is 5.56 Å². The minimum atomic E-state index is -0.0311. The molecule has 0 radical (unpaired) electrons. The predicted octanol–water partition coefficient (Wildman–Crippen LogP) is 3.31. The monoisotopic (exact) mass is 354 g/mol. The SMILES string of the molecule is CN(CC(=O)Nc1ccc(OCC2CCCO2)cc1)Cc1ccccc1. The third-order valence-corrected chi connectivity index (χ3v) is 4.31. The molecule has 1 N–H and O–H groups in total. The second-order valence-electron chi connectivity index (χ2n) is 6.68.